The van der Waals surface area contributed by atoms with Crippen molar-refractivity contribution in [2.24, 2.45) is 12.8 Å². The lowest BCUT2D eigenvalue weighted by Crippen LogP contribution is -2.21. The Bertz CT molecular complexity index is 502. The highest BCUT2D eigenvalue weighted by Crippen LogP contribution is 2.20. The second-order valence-electron chi connectivity index (χ2n) is 4.16. The van der Waals surface area contributed by atoms with Gasteiger partial charge < -0.3 is 10.3 Å². The van der Waals surface area contributed by atoms with Crippen LogP contribution in [0, 0.1) is 6.92 Å². The highest BCUT2D eigenvalue weighted by atomic mass is 16.5. The summed E-state index contributed by atoms with van der Waals surface area (Å²) in [5.74, 6) is 1.16. The summed E-state index contributed by atoms with van der Waals surface area (Å²) in [5.41, 5.74) is 7.72. The van der Waals surface area contributed by atoms with Crippen molar-refractivity contribution in [2.75, 3.05) is 0 Å². The number of aryl methyl sites for hydroxylation is 1. The first-order valence-corrected chi connectivity index (χ1v) is 5.69. The number of nitrogens with two attached hydrogens (primary N) is 1. The molecular weight excluding hydrogens is 218 g/mol. The van der Waals surface area contributed by atoms with Crippen LogP contribution in [0.4, 0.5) is 0 Å². The van der Waals surface area contributed by atoms with Crippen molar-refractivity contribution in [1.82, 2.24) is 19.9 Å². The van der Waals surface area contributed by atoms with Gasteiger partial charge in [0, 0.05) is 25.2 Å². The lowest BCUT2D eigenvalue weighted by atomic mass is 10.1. The van der Waals surface area contributed by atoms with Crippen LogP contribution >= 0.6 is 0 Å². The zero-order chi connectivity index (χ0) is 12.4. The van der Waals surface area contributed by atoms with Gasteiger partial charge >= 0.3 is 0 Å². The first kappa shape index (κ1) is 11.8. The van der Waals surface area contributed by atoms with Crippen LogP contribution in [0.5, 0.6) is 0 Å². The summed E-state index contributed by atoms with van der Waals surface area (Å²) in [6.45, 7) is 4.00. The molecule has 6 heteroatoms. The first-order chi connectivity index (χ1) is 8.11. The quantitative estimate of drug-likeness (QED) is 0.856. The Balaban J connectivity index is 2.21. The Morgan fingerprint density at radius 3 is 2.88 bits per heavy atom. The number of nitrogens with zero attached hydrogens (tertiary/aromatic N) is 4. The standard InChI is InChI=1S/C11H17N5O/c1-4-8(12)5-10-14-11(17-15-10)9-6-13-16(3)7(9)2/h6,8H,4-5,12H2,1-3H3. The van der Waals surface area contributed by atoms with Gasteiger partial charge in [0.2, 0.25) is 0 Å². The van der Waals surface area contributed by atoms with Gasteiger partial charge in [-0.3, -0.25) is 4.68 Å². The molecule has 92 valence electrons. The normalized spacial score (nSPS) is 12.9. The fraction of sp³-hybridized carbons (Fsp3) is 0.545. The van der Waals surface area contributed by atoms with Gasteiger partial charge in [-0.05, 0) is 13.3 Å². The summed E-state index contributed by atoms with van der Waals surface area (Å²) in [6, 6.07) is 0.0791. The zero-order valence-corrected chi connectivity index (χ0v) is 10.3. The number of hydrogen-bond acceptors (Lipinski definition) is 5. The molecule has 0 saturated heterocycles. The van der Waals surface area contributed by atoms with Crippen LogP contribution in [-0.4, -0.2) is 26.0 Å². The maximum Gasteiger partial charge on any atom is 0.261 e. The summed E-state index contributed by atoms with van der Waals surface area (Å²) < 4.78 is 7.00. The minimum atomic E-state index is 0.0791. The highest BCUT2D eigenvalue weighted by molar-refractivity contribution is 5.54. The van der Waals surface area contributed by atoms with Gasteiger partial charge in [-0.25, -0.2) is 0 Å². The Morgan fingerprint density at radius 1 is 1.53 bits per heavy atom. The van der Waals surface area contributed by atoms with E-state index in [9.17, 15) is 0 Å². The fourth-order valence-corrected chi connectivity index (χ4v) is 1.53. The summed E-state index contributed by atoms with van der Waals surface area (Å²) in [7, 11) is 1.88. The van der Waals surface area contributed by atoms with E-state index in [1.165, 1.54) is 0 Å². The lowest BCUT2D eigenvalue weighted by Gasteiger charge is -2.02. The largest absolute Gasteiger partial charge is 0.334 e. The highest BCUT2D eigenvalue weighted by Gasteiger charge is 2.15. The average Bonchev–Trinajstić information content (AvgIpc) is 2.88. The van der Waals surface area contributed by atoms with Gasteiger partial charge in [0.15, 0.2) is 5.82 Å². The van der Waals surface area contributed by atoms with Crippen molar-refractivity contribution >= 4 is 0 Å². The van der Waals surface area contributed by atoms with E-state index >= 15 is 0 Å². The van der Waals surface area contributed by atoms with Crippen LogP contribution in [0.2, 0.25) is 0 Å². The van der Waals surface area contributed by atoms with E-state index in [-0.39, 0.29) is 6.04 Å². The molecule has 2 aromatic heterocycles. The first-order valence-electron chi connectivity index (χ1n) is 5.69. The van der Waals surface area contributed by atoms with Crippen molar-refractivity contribution < 1.29 is 4.52 Å². The van der Waals surface area contributed by atoms with E-state index in [0.29, 0.717) is 18.1 Å². The molecule has 17 heavy (non-hydrogen) atoms. The average molecular weight is 235 g/mol. The van der Waals surface area contributed by atoms with Crippen LogP contribution in [0.25, 0.3) is 11.5 Å². The minimum absolute atomic E-state index is 0.0791. The molecule has 2 rings (SSSR count). The molecule has 6 nitrogen and oxygen atoms in total. The van der Waals surface area contributed by atoms with E-state index in [2.05, 4.69) is 15.2 Å². The van der Waals surface area contributed by atoms with E-state index < -0.39 is 0 Å². The second kappa shape index (κ2) is 4.67. The molecule has 0 aliphatic carbocycles. The van der Waals surface area contributed by atoms with Gasteiger partial charge in [0.25, 0.3) is 5.89 Å². The van der Waals surface area contributed by atoms with E-state index in [1.807, 2.05) is 20.9 Å². The topological polar surface area (TPSA) is 82.8 Å². The molecule has 0 fully saturated rings. The summed E-state index contributed by atoms with van der Waals surface area (Å²) in [4.78, 5) is 4.33. The molecule has 0 spiro atoms. The zero-order valence-electron chi connectivity index (χ0n) is 10.3. The van der Waals surface area contributed by atoms with Crippen LogP contribution in [0.3, 0.4) is 0 Å². The predicted molar refractivity (Wildman–Crippen MR) is 63.2 cm³/mol. The van der Waals surface area contributed by atoms with Crippen molar-refractivity contribution in [2.45, 2.75) is 32.7 Å². The molecule has 2 heterocycles. The second-order valence-corrected chi connectivity index (χ2v) is 4.16. The third-order valence-corrected chi connectivity index (χ3v) is 2.90. The molecule has 2 N–H and O–H groups in total. The monoisotopic (exact) mass is 235 g/mol. The van der Waals surface area contributed by atoms with Crippen molar-refractivity contribution in [3.8, 4) is 11.5 Å². The van der Waals surface area contributed by atoms with Gasteiger partial charge in [0.1, 0.15) is 0 Å². The Morgan fingerprint density at radius 2 is 2.29 bits per heavy atom. The Labute approximate surface area is 99.8 Å². The summed E-state index contributed by atoms with van der Waals surface area (Å²) >= 11 is 0. The Kier molecular flexibility index (Phi) is 3.23. The molecule has 1 unspecified atom stereocenters. The van der Waals surface area contributed by atoms with Gasteiger partial charge in [-0.1, -0.05) is 12.1 Å². The molecule has 0 aliphatic heterocycles. The molecule has 0 aromatic carbocycles. The molecule has 0 aliphatic rings. The van der Waals surface area contributed by atoms with Crippen molar-refractivity contribution in [3.05, 3.63) is 17.7 Å². The smallest absolute Gasteiger partial charge is 0.261 e. The van der Waals surface area contributed by atoms with E-state index in [1.54, 1.807) is 10.9 Å². The fourth-order valence-electron chi connectivity index (χ4n) is 1.53. The van der Waals surface area contributed by atoms with Crippen LogP contribution in [0.1, 0.15) is 24.9 Å². The van der Waals surface area contributed by atoms with Gasteiger partial charge in [0.05, 0.1) is 11.8 Å². The predicted octanol–water partition coefficient (Wildman–Crippen LogP) is 1.06. The van der Waals surface area contributed by atoms with E-state index in [4.69, 9.17) is 10.3 Å². The molecule has 0 radical (unpaired) electrons. The maximum absolute atomic E-state index is 5.85. The van der Waals surface area contributed by atoms with Crippen molar-refractivity contribution in [3.63, 3.8) is 0 Å². The number of hydrogen-bond donors (Lipinski definition) is 1. The molecule has 1 atom stereocenters. The Hall–Kier alpha value is -1.69. The van der Waals surface area contributed by atoms with Crippen LogP contribution < -0.4 is 5.73 Å². The lowest BCUT2D eigenvalue weighted by molar-refractivity contribution is 0.419. The molecular formula is C11H17N5O. The minimum Gasteiger partial charge on any atom is -0.334 e. The number of rotatable bonds is 4. The maximum atomic E-state index is 5.85. The molecule has 0 bridgehead atoms. The number of aromatic nitrogens is 4. The van der Waals surface area contributed by atoms with Gasteiger partial charge in [-0.2, -0.15) is 10.1 Å². The molecule has 2 aromatic rings. The van der Waals surface area contributed by atoms with Gasteiger partial charge in [-0.15, -0.1) is 0 Å². The molecule has 0 saturated carbocycles. The molecule has 0 amide bonds. The SMILES string of the molecule is CCC(N)Cc1noc(-c2cnn(C)c2C)n1. The van der Waals surface area contributed by atoms with E-state index in [0.717, 1.165) is 17.7 Å². The third kappa shape index (κ3) is 2.36. The summed E-state index contributed by atoms with van der Waals surface area (Å²) in [5, 5.41) is 8.07. The van der Waals surface area contributed by atoms with Crippen molar-refractivity contribution in [1.29, 1.82) is 0 Å². The third-order valence-electron chi connectivity index (χ3n) is 2.90. The summed E-state index contributed by atoms with van der Waals surface area (Å²) in [6.07, 6.45) is 3.27. The van der Waals surface area contributed by atoms with Crippen LogP contribution in [0.15, 0.2) is 10.7 Å². The van der Waals surface area contributed by atoms with Crippen LogP contribution in [-0.2, 0) is 13.5 Å².